The first-order chi connectivity index (χ1) is 9.74. The monoisotopic (exact) mass is 272 g/mol. The Morgan fingerprint density at radius 1 is 1.40 bits per heavy atom. The van der Waals surface area contributed by atoms with Crippen molar-refractivity contribution >= 4 is 11.6 Å². The van der Waals surface area contributed by atoms with Gasteiger partial charge in [-0.05, 0) is 24.3 Å². The van der Waals surface area contributed by atoms with Gasteiger partial charge in [0.2, 0.25) is 5.91 Å². The number of carbonyl (C=O) groups is 1. The summed E-state index contributed by atoms with van der Waals surface area (Å²) in [5.41, 5.74) is 7.45. The zero-order valence-corrected chi connectivity index (χ0v) is 10.9. The maximum atomic E-state index is 12.1. The van der Waals surface area contributed by atoms with Crippen molar-refractivity contribution < 1.29 is 9.53 Å². The highest BCUT2D eigenvalue weighted by molar-refractivity contribution is 5.93. The van der Waals surface area contributed by atoms with Crippen LogP contribution in [0.25, 0.3) is 5.69 Å². The third-order valence-electron chi connectivity index (χ3n) is 3.34. The van der Waals surface area contributed by atoms with Gasteiger partial charge < -0.3 is 15.8 Å². The lowest BCUT2D eigenvalue weighted by atomic mass is 10.0. The van der Waals surface area contributed by atoms with Crippen molar-refractivity contribution in [1.29, 1.82) is 0 Å². The molecular weight excluding hydrogens is 256 g/mol. The molecule has 1 aromatic heterocycles. The van der Waals surface area contributed by atoms with Gasteiger partial charge in [0.05, 0.1) is 24.8 Å². The summed E-state index contributed by atoms with van der Waals surface area (Å²) >= 11 is 0. The topological polar surface area (TPSA) is 82.2 Å². The van der Waals surface area contributed by atoms with E-state index < -0.39 is 0 Å². The van der Waals surface area contributed by atoms with Crippen LogP contribution < -0.4 is 11.1 Å². The lowest BCUT2D eigenvalue weighted by Gasteiger charge is -2.14. The third-order valence-corrected chi connectivity index (χ3v) is 3.34. The largest absolute Gasteiger partial charge is 0.379 e. The van der Waals surface area contributed by atoms with Gasteiger partial charge in [0.1, 0.15) is 0 Å². The first kappa shape index (κ1) is 12.8. The lowest BCUT2D eigenvalue weighted by molar-refractivity contribution is -0.120. The van der Waals surface area contributed by atoms with Crippen LogP contribution in [-0.2, 0) is 9.53 Å². The molecule has 0 bridgehead atoms. The van der Waals surface area contributed by atoms with Crippen LogP contribution in [0.3, 0.4) is 0 Å². The first-order valence-electron chi connectivity index (χ1n) is 6.48. The van der Waals surface area contributed by atoms with E-state index in [0.717, 1.165) is 11.4 Å². The van der Waals surface area contributed by atoms with Gasteiger partial charge in [-0.2, -0.15) is 5.10 Å². The normalized spacial score (nSPS) is 21.9. The number of ether oxygens (including phenoxy) is 1. The third kappa shape index (κ3) is 2.56. The Morgan fingerprint density at radius 2 is 2.30 bits per heavy atom. The van der Waals surface area contributed by atoms with Crippen molar-refractivity contribution in [3.8, 4) is 5.69 Å². The fourth-order valence-electron chi connectivity index (χ4n) is 2.22. The Kier molecular flexibility index (Phi) is 3.49. The number of aromatic nitrogens is 2. The highest BCUT2D eigenvalue weighted by atomic mass is 16.5. The number of rotatable bonds is 3. The van der Waals surface area contributed by atoms with Crippen LogP contribution >= 0.6 is 0 Å². The van der Waals surface area contributed by atoms with Gasteiger partial charge in [-0.25, -0.2) is 4.68 Å². The van der Waals surface area contributed by atoms with Crippen molar-refractivity contribution in [2.45, 2.75) is 6.04 Å². The maximum absolute atomic E-state index is 12.1. The number of nitrogens with zero attached hydrogens (tertiary/aromatic N) is 2. The number of amides is 1. The zero-order valence-electron chi connectivity index (χ0n) is 10.9. The molecule has 1 aromatic carbocycles. The summed E-state index contributed by atoms with van der Waals surface area (Å²) in [7, 11) is 0. The number of benzene rings is 1. The number of nitrogens with one attached hydrogen (secondary N) is 1. The summed E-state index contributed by atoms with van der Waals surface area (Å²) in [6.45, 7) is 0.817. The van der Waals surface area contributed by atoms with Crippen LogP contribution in [0.15, 0.2) is 42.7 Å². The average molecular weight is 272 g/mol. The smallest absolute Gasteiger partial charge is 0.231 e. The van der Waals surface area contributed by atoms with E-state index in [1.807, 2.05) is 36.5 Å². The van der Waals surface area contributed by atoms with E-state index in [2.05, 4.69) is 10.4 Å². The number of hydrogen-bond acceptors (Lipinski definition) is 4. The van der Waals surface area contributed by atoms with Gasteiger partial charge in [-0.1, -0.05) is 6.07 Å². The molecule has 1 fully saturated rings. The van der Waals surface area contributed by atoms with Crippen molar-refractivity contribution in [2.75, 3.05) is 18.5 Å². The zero-order chi connectivity index (χ0) is 13.9. The molecule has 2 atom stereocenters. The van der Waals surface area contributed by atoms with E-state index in [0.29, 0.717) is 13.2 Å². The summed E-state index contributed by atoms with van der Waals surface area (Å²) in [5.74, 6) is -0.393. The fourth-order valence-corrected chi connectivity index (χ4v) is 2.22. The average Bonchev–Trinajstić information content (AvgIpc) is 3.09. The summed E-state index contributed by atoms with van der Waals surface area (Å²) in [6.07, 6.45) is 3.56. The Balaban J connectivity index is 1.74. The lowest BCUT2D eigenvalue weighted by Crippen LogP contribution is -2.37. The maximum Gasteiger partial charge on any atom is 0.231 e. The number of hydrogen-bond donors (Lipinski definition) is 2. The van der Waals surface area contributed by atoms with Crippen molar-refractivity contribution in [1.82, 2.24) is 9.78 Å². The minimum atomic E-state index is -0.289. The van der Waals surface area contributed by atoms with Crippen LogP contribution in [0.2, 0.25) is 0 Å². The minimum Gasteiger partial charge on any atom is -0.379 e. The molecule has 1 saturated heterocycles. The predicted molar refractivity (Wildman–Crippen MR) is 74.5 cm³/mol. The molecule has 0 aliphatic carbocycles. The molecular formula is C14H16N4O2. The molecule has 0 spiro atoms. The van der Waals surface area contributed by atoms with Crippen LogP contribution in [0.1, 0.15) is 0 Å². The molecule has 1 amide bonds. The van der Waals surface area contributed by atoms with E-state index in [9.17, 15) is 4.79 Å². The molecule has 2 unspecified atom stereocenters. The van der Waals surface area contributed by atoms with E-state index in [-0.39, 0.29) is 17.9 Å². The molecule has 1 aliphatic heterocycles. The molecule has 1 aliphatic rings. The molecule has 3 N–H and O–H groups in total. The molecule has 6 heteroatoms. The quantitative estimate of drug-likeness (QED) is 0.865. The first-order valence-corrected chi connectivity index (χ1v) is 6.48. The van der Waals surface area contributed by atoms with Crippen LogP contribution in [-0.4, -0.2) is 34.9 Å². The van der Waals surface area contributed by atoms with Crippen molar-refractivity contribution in [3.63, 3.8) is 0 Å². The number of nitrogens with two attached hydrogens (primary N) is 1. The summed E-state index contributed by atoms with van der Waals surface area (Å²) in [4.78, 5) is 12.1. The fraction of sp³-hybridized carbons (Fsp3) is 0.286. The van der Waals surface area contributed by atoms with Crippen LogP contribution in [0.5, 0.6) is 0 Å². The van der Waals surface area contributed by atoms with Crippen molar-refractivity contribution in [3.05, 3.63) is 42.7 Å². The Hall–Kier alpha value is -2.18. The number of anilines is 1. The highest BCUT2D eigenvalue weighted by Crippen LogP contribution is 2.17. The van der Waals surface area contributed by atoms with Crippen LogP contribution in [0.4, 0.5) is 5.69 Å². The molecule has 0 saturated carbocycles. The number of carbonyl (C=O) groups excluding carboxylic acids is 1. The second-order valence-corrected chi connectivity index (χ2v) is 4.80. The summed E-state index contributed by atoms with van der Waals surface area (Å²) in [6, 6.07) is 9.12. The van der Waals surface area contributed by atoms with E-state index in [4.69, 9.17) is 10.5 Å². The Morgan fingerprint density at radius 3 is 3.00 bits per heavy atom. The summed E-state index contributed by atoms with van der Waals surface area (Å²) in [5, 5.41) is 7.04. The minimum absolute atomic E-state index is 0.104. The van der Waals surface area contributed by atoms with Gasteiger partial charge in [-0.3, -0.25) is 4.79 Å². The molecule has 2 heterocycles. The SMILES string of the molecule is NC1COCC1C(=O)Nc1cccc(-n2cccn2)c1. The molecule has 20 heavy (non-hydrogen) atoms. The molecule has 3 rings (SSSR count). The van der Waals surface area contributed by atoms with E-state index in [1.165, 1.54) is 0 Å². The van der Waals surface area contributed by atoms with E-state index in [1.54, 1.807) is 10.9 Å². The summed E-state index contributed by atoms with van der Waals surface area (Å²) < 4.78 is 6.95. The second-order valence-electron chi connectivity index (χ2n) is 4.80. The standard InChI is InChI=1S/C14H16N4O2/c15-13-9-20-8-12(13)14(19)17-10-3-1-4-11(7-10)18-6-2-5-16-18/h1-7,12-13H,8-9,15H2,(H,17,19). The van der Waals surface area contributed by atoms with Crippen molar-refractivity contribution in [2.24, 2.45) is 11.7 Å². The second kappa shape index (κ2) is 5.44. The Bertz CT molecular complexity index is 597. The van der Waals surface area contributed by atoms with Gasteiger partial charge in [0.15, 0.2) is 0 Å². The van der Waals surface area contributed by atoms with E-state index >= 15 is 0 Å². The van der Waals surface area contributed by atoms with Gasteiger partial charge in [0, 0.05) is 24.1 Å². The molecule has 0 radical (unpaired) electrons. The molecule has 104 valence electrons. The van der Waals surface area contributed by atoms with Gasteiger partial charge >= 0.3 is 0 Å². The van der Waals surface area contributed by atoms with Gasteiger partial charge in [-0.15, -0.1) is 0 Å². The molecule has 6 nitrogen and oxygen atoms in total. The Labute approximate surface area is 116 Å². The highest BCUT2D eigenvalue weighted by Gasteiger charge is 2.31. The molecule has 2 aromatic rings. The predicted octanol–water partition coefficient (Wildman–Crippen LogP) is 0.784. The van der Waals surface area contributed by atoms with Gasteiger partial charge in [0.25, 0.3) is 0 Å². The van der Waals surface area contributed by atoms with Crippen LogP contribution in [0, 0.1) is 5.92 Å².